The second-order valence-electron chi connectivity index (χ2n) is 10.5. The minimum atomic E-state index is -0.676. The lowest BCUT2D eigenvalue weighted by Gasteiger charge is -2.23. The topological polar surface area (TPSA) is 116 Å². The molecule has 3 amide bonds. The standard InChI is InChI=1S/C31H30N6O3S/c1-19-34-26(18-41-19)29(39)37(16-22-7-4-3-6-21(22)15-32-2)17-27(38)35-24-10-9-20-13-31(14-23(20)12-24)25-8-5-11-33-28(25)36-30(31)40/h3-12,18,32H,13-17H2,1-2H3,(H,35,38)(H,33,36,40). The van der Waals surface area contributed by atoms with Crippen LogP contribution in [0.1, 0.15) is 43.3 Å². The first kappa shape index (κ1) is 26.8. The molecule has 0 fully saturated rings. The summed E-state index contributed by atoms with van der Waals surface area (Å²) < 4.78 is 0. The van der Waals surface area contributed by atoms with Crippen molar-refractivity contribution in [3.63, 3.8) is 0 Å². The molecule has 1 aliphatic carbocycles. The van der Waals surface area contributed by atoms with E-state index in [4.69, 9.17) is 0 Å². The van der Waals surface area contributed by atoms with Gasteiger partial charge in [0.1, 0.15) is 18.1 Å². The van der Waals surface area contributed by atoms with E-state index in [1.807, 2.05) is 68.6 Å². The van der Waals surface area contributed by atoms with E-state index in [-0.39, 0.29) is 30.8 Å². The van der Waals surface area contributed by atoms with Crippen molar-refractivity contribution in [3.8, 4) is 0 Å². The SMILES string of the molecule is CNCc1ccccc1CN(CC(=O)Nc1ccc2c(c1)CC1(C2)C(=O)Nc2ncccc21)C(=O)c1csc(C)n1. The molecular formula is C31H30N6O3S. The summed E-state index contributed by atoms with van der Waals surface area (Å²) in [5.74, 6) is -0.0236. The first-order chi connectivity index (χ1) is 19.9. The van der Waals surface area contributed by atoms with Crippen molar-refractivity contribution in [3.05, 3.63) is 105 Å². The highest BCUT2D eigenvalue weighted by Gasteiger charge is 2.51. The first-order valence-electron chi connectivity index (χ1n) is 13.5. The van der Waals surface area contributed by atoms with Crippen LogP contribution >= 0.6 is 11.3 Å². The highest BCUT2D eigenvalue weighted by Crippen LogP contribution is 2.46. The molecule has 0 saturated heterocycles. The second-order valence-corrected chi connectivity index (χ2v) is 11.6. The molecule has 3 heterocycles. The van der Waals surface area contributed by atoms with E-state index in [0.717, 1.165) is 32.8 Å². The number of amides is 3. The summed E-state index contributed by atoms with van der Waals surface area (Å²) in [5.41, 5.74) is 5.31. The minimum Gasteiger partial charge on any atom is -0.325 e. The van der Waals surface area contributed by atoms with Gasteiger partial charge in [0.2, 0.25) is 11.8 Å². The zero-order chi connectivity index (χ0) is 28.6. The molecule has 2 aromatic heterocycles. The maximum Gasteiger partial charge on any atom is 0.274 e. The van der Waals surface area contributed by atoms with Gasteiger partial charge in [-0.05, 0) is 67.3 Å². The van der Waals surface area contributed by atoms with Gasteiger partial charge in [-0.15, -0.1) is 11.3 Å². The van der Waals surface area contributed by atoms with E-state index in [0.29, 0.717) is 36.6 Å². The van der Waals surface area contributed by atoms with Gasteiger partial charge in [-0.25, -0.2) is 9.97 Å². The number of anilines is 2. The summed E-state index contributed by atoms with van der Waals surface area (Å²) in [6.07, 6.45) is 2.80. The number of carbonyl (C=O) groups excluding carboxylic acids is 3. The number of aromatic nitrogens is 2. The van der Waals surface area contributed by atoms with Gasteiger partial charge < -0.3 is 20.9 Å². The smallest absolute Gasteiger partial charge is 0.274 e. The van der Waals surface area contributed by atoms with Crippen LogP contribution in [0.4, 0.5) is 11.5 Å². The zero-order valence-electron chi connectivity index (χ0n) is 22.9. The largest absolute Gasteiger partial charge is 0.325 e. The fourth-order valence-electron chi connectivity index (χ4n) is 5.82. The number of carbonyl (C=O) groups is 3. The first-order valence-corrected chi connectivity index (χ1v) is 14.4. The predicted molar refractivity (Wildman–Crippen MR) is 158 cm³/mol. The van der Waals surface area contributed by atoms with E-state index in [9.17, 15) is 14.4 Å². The van der Waals surface area contributed by atoms with Crippen LogP contribution in [0.5, 0.6) is 0 Å². The van der Waals surface area contributed by atoms with Crippen LogP contribution in [-0.2, 0) is 40.9 Å². The number of pyridine rings is 1. The number of thiazole rings is 1. The Balaban J connectivity index is 1.20. The Bertz CT molecular complexity index is 1670. The molecule has 3 N–H and O–H groups in total. The van der Waals surface area contributed by atoms with Gasteiger partial charge in [0.15, 0.2) is 0 Å². The fourth-order valence-corrected chi connectivity index (χ4v) is 6.41. The molecule has 9 nitrogen and oxygen atoms in total. The Morgan fingerprint density at radius 2 is 1.88 bits per heavy atom. The van der Waals surface area contributed by atoms with Gasteiger partial charge in [-0.1, -0.05) is 36.4 Å². The Morgan fingerprint density at radius 1 is 1.07 bits per heavy atom. The molecule has 41 heavy (non-hydrogen) atoms. The molecule has 0 bridgehead atoms. The van der Waals surface area contributed by atoms with Crippen molar-refractivity contribution in [2.45, 2.75) is 38.3 Å². The number of hydrogen-bond donors (Lipinski definition) is 3. The number of fused-ring (bicyclic) bond motifs is 3. The van der Waals surface area contributed by atoms with Crippen molar-refractivity contribution in [1.82, 2.24) is 20.2 Å². The van der Waals surface area contributed by atoms with Gasteiger partial charge in [-0.2, -0.15) is 0 Å². The van der Waals surface area contributed by atoms with E-state index in [2.05, 4.69) is 25.9 Å². The van der Waals surface area contributed by atoms with E-state index in [1.165, 1.54) is 16.2 Å². The molecule has 1 aliphatic heterocycles. The van der Waals surface area contributed by atoms with Crippen LogP contribution in [0.3, 0.4) is 0 Å². The van der Waals surface area contributed by atoms with Crippen LogP contribution < -0.4 is 16.0 Å². The second kappa shape index (κ2) is 10.9. The third kappa shape index (κ3) is 5.12. The van der Waals surface area contributed by atoms with Gasteiger partial charge in [0.05, 0.1) is 10.4 Å². The fraction of sp³-hybridized carbons (Fsp3) is 0.258. The Kier molecular flexibility index (Phi) is 7.10. The number of hydrogen-bond acceptors (Lipinski definition) is 7. The number of benzene rings is 2. The minimum absolute atomic E-state index is 0.0435. The molecule has 1 unspecified atom stereocenters. The number of nitrogens with zero attached hydrogens (tertiary/aromatic N) is 3. The van der Waals surface area contributed by atoms with Crippen LogP contribution in [0.15, 0.2) is 66.2 Å². The van der Waals surface area contributed by atoms with Gasteiger partial charge in [0, 0.05) is 35.9 Å². The lowest BCUT2D eigenvalue weighted by atomic mass is 9.79. The molecule has 2 aromatic carbocycles. The lowest BCUT2D eigenvalue weighted by Crippen LogP contribution is -2.38. The van der Waals surface area contributed by atoms with Crippen molar-refractivity contribution in [1.29, 1.82) is 0 Å². The predicted octanol–water partition coefficient (Wildman–Crippen LogP) is 3.84. The van der Waals surface area contributed by atoms with Crippen LogP contribution in [0.25, 0.3) is 0 Å². The van der Waals surface area contributed by atoms with Crippen molar-refractivity contribution < 1.29 is 14.4 Å². The summed E-state index contributed by atoms with van der Waals surface area (Å²) in [7, 11) is 1.87. The van der Waals surface area contributed by atoms with Crippen LogP contribution in [-0.4, -0.2) is 46.2 Å². The Labute approximate surface area is 242 Å². The number of aryl methyl sites for hydroxylation is 1. The summed E-state index contributed by atoms with van der Waals surface area (Å²) in [5, 5.41) is 11.6. The molecule has 2 aliphatic rings. The molecule has 1 atom stereocenters. The average molecular weight is 567 g/mol. The quantitative estimate of drug-likeness (QED) is 0.299. The summed E-state index contributed by atoms with van der Waals surface area (Å²) >= 11 is 1.40. The summed E-state index contributed by atoms with van der Waals surface area (Å²) in [6, 6.07) is 17.4. The lowest BCUT2D eigenvalue weighted by molar-refractivity contribution is -0.120. The maximum atomic E-state index is 13.5. The van der Waals surface area contributed by atoms with E-state index < -0.39 is 5.41 Å². The third-order valence-corrected chi connectivity index (χ3v) is 8.54. The molecule has 1 spiro atoms. The number of rotatable bonds is 8. The van der Waals surface area contributed by atoms with Crippen LogP contribution in [0.2, 0.25) is 0 Å². The molecule has 6 rings (SSSR count). The maximum absolute atomic E-state index is 13.5. The van der Waals surface area contributed by atoms with E-state index >= 15 is 0 Å². The monoisotopic (exact) mass is 566 g/mol. The molecule has 0 saturated carbocycles. The van der Waals surface area contributed by atoms with Gasteiger partial charge in [-0.3, -0.25) is 14.4 Å². The number of nitrogens with one attached hydrogen (secondary N) is 3. The highest BCUT2D eigenvalue weighted by atomic mass is 32.1. The molecular weight excluding hydrogens is 536 g/mol. The Morgan fingerprint density at radius 3 is 2.66 bits per heavy atom. The summed E-state index contributed by atoms with van der Waals surface area (Å²) in [4.78, 5) is 50.1. The molecule has 208 valence electrons. The van der Waals surface area contributed by atoms with Crippen molar-refractivity contribution >= 4 is 40.6 Å². The van der Waals surface area contributed by atoms with Crippen molar-refractivity contribution in [2.24, 2.45) is 0 Å². The average Bonchev–Trinajstić information content (AvgIpc) is 3.64. The summed E-state index contributed by atoms with van der Waals surface area (Å²) in [6.45, 7) is 2.64. The van der Waals surface area contributed by atoms with Crippen molar-refractivity contribution in [2.75, 3.05) is 24.2 Å². The molecule has 4 aromatic rings. The van der Waals surface area contributed by atoms with Gasteiger partial charge >= 0.3 is 0 Å². The van der Waals surface area contributed by atoms with Gasteiger partial charge in [0.25, 0.3) is 5.91 Å². The normalized spacial score (nSPS) is 16.8. The molecule has 0 radical (unpaired) electrons. The highest BCUT2D eigenvalue weighted by molar-refractivity contribution is 7.09. The van der Waals surface area contributed by atoms with Crippen LogP contribution in [0, 0.1) is 6.92 Å². The zero-order valence-corrected chi connectivity index (χ0v) is 23.7. The molecule has 10 heteroatoms. The van der Waals surface area contributed by atoms with E-state index in [1.54, 1.807) is 11.6 Å². The third-order valence-electron chi connectivity index (χ3n) is 7.77. The Hall–Kier alpha value is -4.41.